The van der Waals surface area contributed by atoms with Crippen molar-refractivity contribution in [3.63, 3.8) is 0 Å². The molecule has 1 aliphatic carbocycles. The molecular weight excluding hydrogens is 276 g/mol. The molecule has 1 amide bonds. The number of fused-ring (bicyclic) bond motifs is 1. The smallest absolute Gasteiger partial charge is 0.274 e. The highest BCUT2D eigenvalue weighted by Gasteiger charge is 2.28. The van der Waals surface area contributed by atoms with Crippen molar-refractivity contribution in [2.75, 3.05) is 14.2 Å². The Kier molecular flexibility index (Phi) is 3.88. The lowest BCUT2D eigenvalue weighted by atomic mass is 9.90. The Morgan fingerprint density at radius 3 is 2.82 bits per heavy atom. The summed E-state index contributed by atoms with van der Waals surface area (Å²) in [5, 5.41) is 1.22. The van der Waals surface area contributed by atoms with Gasteiger partial charge >= 0.3 is 0 Å². The predicted octanol–water partition coefficient (Wildman–Crippen LogP) is 2.46. The van der Waals surface area contributed by atoms with Crippen molar-refractivity contribution in [3.05, 3.63) is 77.1 Å². The van der Waals surface area contributed by atoms with Crippen LogP contribution in [0.15, 0.2) is 76.5 Å². The van der Waals surface area contributed by atoms with Gasteiger partial charge in [0, 0.05) is 12.6 Å². The molecule has 0 saturated heterocycles. The van der Waals surface area contributed by atoms with Crippen molar-refractivity contribution in [3.8, 4) is 0 Å². The summed E-state index contributed by atoms with van der Waals surface area (Å²) in [4.78, 5) is 22.3. The summed E-state index contributed by atoms with van der Waals surface area (Å²) < 4.78 is 0. The molecule has 0 bridgehead atoms. The molecule has 0 radical (unpaired) electrons. The molecule has 1 heterocycles. The van der Waals surface area contributed by atoms with Crippen LogP contribution in [0.3, 0.4) is 0 Å². The fraction of sp³-hybridized carbons (Fsp3) is 0.167. The third-order valence-corrected chi connectivity index (χ3v) is 3.66. The van der Waals surface area contributed by atoms with Crippen LogP contribution in [0.2, 0.25) is 0 Å². The number of amides is 1. The summed E-state index contributed by atoms with van der Waals surface area (Å²) in [6.07, 6.45) is 7.36. The molecule has 3 rings (SSSR count). The van der Waals surface area contributed by atoms with Gasteiger partial charge in [-0.2, -0.15) is 0 Å². The molecule has 0 spiro atoms. The van der Waals surface area contributed by atoms with E-state index >= 15 is 0 Å². The van der Waals surface area contributed by atoms with Crippen LogP contribution in [0.4, 0.5) is 0 Å². The second-order valence-electron chi connectivity index (χ2n) is 4.99. The number of benzene rings is 1. The molecule has 0 saturated carbocycles. The predicted molar refractivity (Wildman–Crippen MR) is 85.4 cm³/mol. The van der Waals surface area contributed by atoms with Crippen molar-refractivity contribution in [1.82, 2.24) is 5.06 Å². The lowest BCUT2D eigenvalue weighted by Gasteiger charge is -2.25. The van der Waals surface area contributed by atoms with Crippen LogP contribution >= 0.6 is 0 Å². The van der Waals surface area contributed by atoms with E-state index in [0.29, 0.717) is 5.57 Å². The normalized spacial score (nSPS) is 19.0. The summed E-state index contributed by atoms with van der Waals surface area (Å²) in [5.74, 6) is -0.189. The Hall–Kier alpha value is -2.68. The summed E-state index contributed by atoms with van der Waals surface area (Å²) in [6.45, 7) is 0. The molecule has 1 unspecified atom stereocenters. The number of rotatable bonds is 3. The highest BCUT2D eigenvalue weighted by atomic mass is 16.7. The molecule has 22 heavy (non-hydrogen) atoms. The first-order valence-electron chi connectivity index (χ1n) is 7.01. The number of likely N-dealkylation sites (N-methyl/N-ethyl adjacent to an activating group) is 1. The second-order valence-corrected chi connectivity index (χ2v) is 4.99. The number of hydrogen-bond acceptors (Lipinski definition) is 3. The third-order valence-electron chi connectivity index (χ3n) is 3.66. The zero-order valence-electron chi connectivity index (χ0n) is 12.5. The van der Waals surface area contributed by atoms with Gasteiger partial charge < -0.3 is 0 Å². The summed E-state index contributed by atoms with van der Waals surface area (Å²) in [6, 6.07) is 9.64. The van der Waals surface area contributed by atoms with E-state index in [1.807, 2.05) is 48.6 Å². The summed E-state index contributed by atoms with van der Waals surface area (Å²) >= 11 is 0. The first kappa shape index (κ1) is 14.3. The van der Waals surface area contributed by atoms with Crippen LogP contribution in [-0.4, -0.2) is 36.9 Å². The van der Waals surface area contributed by atoms with Crippen LogP contribution in [0.1, 0.15) is 5.56 Å². The molecule has 1 aliphatic heterocycles. The van der Waals surface area contributed by atoms with Gasteiger partial charge in [-0.25, -0.2) is 5.06 Å². The Morgan fingerprint density at radius 1 is 1.32 bits per heavy atom. The number of hydrogen-bond donors (Lipinski definition) is 0. The van der Waals surface area contributed by atoms with Crippen molar-refractivity contribution >= 4 is 11.6 Å². The fourth-order valence-electron chi connectivity index (χ4n) is 2.44. The molecule has 1 aromatic rings. The Balaban J connectivity index is 2.08. The van der Waals surface area contributed by atoms with Crippen molar-refractivity contribution in [2.24, 2.45) is 4.99 Å². The van der Waals surface area contributed by atoms with E-state index in [1.54, 1.807) is 13.1 Å². The molecular formula is C18H16N2O2. The molecule has 4 heteroatoms. The second kappa shape index (κ2) is 5.98. The minimum Gasteiger partial charge on any atom is -0.274 e. The highest BCUT2D eigenvalue weighted by molar-refractivity contribution is 6.15. The maximum Gasteiger partial charge on any atom is 0.277 e. The zero-order chi connectivity index (χ0) is 15.5. The first-order valence-corrected chi connectivity index (χ1v) is 7.01. The number of carbonyl (C=O) groups is 1. The Morgan fingerprint density at radius 2 is 2.09 bits per heavy atom. The van der Waals surface area contributed by atoms with E-state index in [4.69, 9.17) is 9.83 Å². The number of carbonyl (C=O) groups excluding carboxylic acids is 1. The van der Waals surface area contributed by atoms with Gasteiger partial charge in [0.25, 0.3) is 5.91 Å². The van der Waals surface area contributed by atoms with Crippen molar-refractivity contribution in [2.45, 2.75) is 6.04 Å². The largest absolute Gasteiger partial charge is 0.277 e. The molecule has 4 nitrogen and oxygen atoms in total. The van der Waals surface area contributed by atoms with Gasteiger partial charge in [-0.1, -0.05) is 30.3 Å². The highest BCUT2D eigenvalue weighted by Crippen LogP contribution is 2.28. The lowest BCUT2D eigenvalue weighted by molar-refractivity contribution is -0.163. The van der Waals surface area contributed by atoms with E-state index in [-0.39, 0.29) is 11.9 Å². The fourth-order valence-corrected chi connectivity index (χ4v) is 2.44. The maximum atomic E-state index is 12.5. The van der Waals surface area contributed by atoms with Gasteiger partial charge in [-0.3, -0.25) is 14.6 Å². The Bertz CT molecular complexity index is 751. The average Bonchev–Trinajstić information content (AvgIpc) is 2.60. The zero-order valence-corrected chi connectivity index (χ0v) is 12.5. The molecule has 0 fully saturated rings. The summed E-state index contributed by atoms with van der Waals surface area (Å²) in [7, 11) is 3.07. The molecule has 110 valence electrons. The molecule has 1 atom stereocenters. The minimum atomic E-state index is -0.189. The Labute approximate surface area is 129 Å². The number of allylic oxidation sites excluding steroid dienone is 2. The average molecular weight is 292 g/mol. The van der Waals surface area contributed by atoms with E-state index in [9.17, 15) is 4.79 Å². The molecule has 1 aromatic carbocycles. The number of nitrogens with zero attached hydrogens (tertiary/aromatic N) is 2. The lowest BCUT2D eigenvalue weighted by Crippen LogP contribution is -2.31. The van der Waals surface area contributed by atoms with Gasteiger partial charge in [0.15, 0.2) is 0 Å². The molecule has 0 aromatic heterocycles. The van der Waals surface area contributed by atoms with Crippen LogP contribution in [0, 0.1) is 0 Å². The number of dihydropyridines is 1. The van der Waals surface area contributed by atoms with E-state index in [2.05, 4.69) is 5.73 Å². The third kappa shape index (κ3) is 2.58. The minimum absolute atomic E-state index is 0.186. The quantitative estimate of drug-likeness (QED) is 0.634. The van der Waals surface area contributed by atoms with Gasteiger partial charge in [0.05, 0.1) is 12.8 Å². The van der Waals surface area contributed by atoms with E-state index in [0.717, 1.165) is 16.8 Å². The number of aliphatic imine (C=N–C) groups is 1. The van der Waals surface area contributed by atoms with Gasteiger partial charge in [-0.05, 0) is 35.4 Å². The standard InChI is InChI=1S/C18H16N2O2/c1-20(22-2)18(21)15-12-17(13-8-4-3-5-9-13)19-16-11-7-6-10-14(15)16/h3-6,8-12,16H,1-2H3. The maximum absolute atomic E-state index is 12.5. The van der Waals surface area contributed by atoms with Gasteiger partial charge in [0.1, 0.15) is 6.04 Å². The van der Waals surface area contributed by atoms with Crippen LogP contribution in [0.5, 0.6) is 0 Å². The van der Waals surface area contributed by atoms with Crippen molar-refractivity contribution < 1.29 is 9.63 Å². The molecule has 0 N–H and O–H groups in total. The first-order chi connectivity index (χ1) is 10.7. The van der Waals surface area contributed by atoms with Crippen LogP contribution in [-0.2, 0) is 9.63 Å². The van der Waals surface area contributed by atoms with Gasteiger partial charge in [-0.15, -0.1) is 5.73 Å². The number of hydroxylamine groups is 2. The van der Waals surface area contributed by atoms with Gasteiger partial charge in [0.2, 0.25) is 0 Å². The molecule has 2 aliphatic rings. The van der Waals surface area contributed by atoms with Crippen LogP contribution < -0.4 is 0 Å². The summed E-state index contributed by atoms with van der Waals surface area (Å²) in [5.41, 5.74) is 6.27. The van der Waals surface area contributed by atoms with E-state index in [1.165, 1.54) is 12.2 Å². The van der Waals surface area contributed by atoms with Crippen molar-refractivity contribution in [1.29, 1.82) is 0 Å². The topological polar surface area (TPSA) is 41.9 Å². The SMILES string of the molecule is CON(C)C(=O)C1=CC(c2ccccc2)=NC2C=C=CC=C12. The van der Waals surface area contributed by atoms with Crippen LogP contribution in [0.25, 0.3) is 0 Å². The monoisotopic (exact) mass is 292 g/mol. The van der Waals surface area contributed by atoms with E-state index < -0.39 is 0 Å².